The molecule has 0 aliphatic heterocycles. The molecule has 0 aromatic heterocycles. The van der Waals surface area contributed by atoms with Crippen molar-refractivity contribution in [3.8, 4) is 0 Å². The average molecular weight is 390 g/mol. The van der Waals surface area contributed by atoms with E-state index in [-0.39, 0.29) is 27.9 Å². The lowest BCUT2D eigenvalue weighted by Crippen LogP contribution is -2.37. The zero-order valence-electron chi connectivity index (χ0n) is 14.6. The molecule has 2 amide bonds. The molecule has 25 heavy (non-hydrogen) atoms. The predicted molar refractivity (Wildman–Crippen MR) is 97.2 cm³/mol. The Labute approximate surface area is 153 Å². The van der Waals surface area contributed by atoms with Gasteiger partial charge in [0.15, 0.2) is 0 Å². The number of hydrogen-bond donors (Lipinski definition) is 2. The first kappa shape index (κ1) is 21.4. The highest BCUT2D eigenvalue weighted by molar-refractivity contribution is 7.89. The van der Waals surface area contributed by atoms with Crippen molar-refractivity contribution in [2.24, 2.45) is 0 Å². The van der Waals surface area contributed by atoms with E-state index in [0.29, 0.717) is 19.6 Å². The molecule has 0 radical (unpaired) electrons. The fourth-order valence-corrected chi connectivity index (χ4v) is 3.82. The Hall–Kier alpha value is -1.64. The summed E-state index contributed by atoms with van der Waals surface area (Å²) in [4.78, 5) is 23.8. The lowest BCUT2D eigenvalue weighted by Gasteiger charge is -2.19. The lowest BCUT2D eigenvalue weighted by molar-refractivity contribution is -0.120. The topological polar surface area (TPSA) is 95.6 Å². The van der Waals surface area contributed by atoms with Crippen LogP contribution >= 0.6 is 11.6 Å². The maximum Gasteiger partial charge on any atom is 0.253 e. The number of sulfonamides is 1. The van der Waals surface area contributed by atoms with Crippen molar-refractivity contribution in [2.45, 2.75) is 32.1 Å². The van der Waals surface area contributed by atoms with Crippen molar-refractivity contribution in [1.29, 1.82) is 0 Å². The minimum absolute atomic E-state index is 0.0122. The first-order valence-corrected chi connectivity index (χ1v) is 9.94. The van der Waals surface area contributed by atoms with E-state index in [9.17, 15) is 18.0 Å². The summed E-state index contributed by atoms with van der Waals surface area (Å²) in [6.45, 7) is 6.34. The van der Waals surface area contributed by atoms with Crippen LogP contribution in [0.1, 0.15) is 37.6 Å². The molecule has 0 fully saturated rings. The number of carbonyl (C=O) groups excluding carboxylic acids is 2. The fraction of sp³-hybridized carbons (Fsp3) is 0.500. The Bertz CT molecular complexity index is 718. The summed E-state index contributed by atoms with van der Waals surface area (Å²) in [5.41, 5.74) is 0.0122. The van der Waals surface area contributed by atoms with Gasteiger partial charge in [0, 0.05) is 19.6 Å². The van der Waals surface area contributed by atoms with Crippen LogP contribution in [-0.2, 0) is 14.8 Å². The Morgan fingerprint density at radius 1 is 1.12 bits per heavy atom. The van der Waals surface area contributed by atoms with Crippen molar-refractivity contribution in [3.05, 3.63) is 28.8 Å². The van der Waals surface area contributed by atoms with E-state index in [1.807, 2.05) is 6.92 Å². The standard InChI is InChI=1S/C16H24ClN3O4S/c1-4-9-18-15(21)11-19-16(22)13-10-12(7-8-14(13)17)25(23,24)20(5-2)6-3/h7-8,10H,4-6,9,11H2,1-3H3,(H,18,21)(H,19,22). The summed E-state index contributed by atoms with van der Waals surface area (Å²) in [5.74, 6) is -0.925. The van der Waals surface area contributed by atoms with Gasteiger partial charge in [0.25, 0.3) is 5.91 Å². The number of rotatable bonds is 9. The fourth-order valence-electron chi connectivity index (χ4n) is 2.13. The van der Waals surface area contributed by atoms with E-state index in [1.54, 1.807) is 13.8 Å². The second kappa shape index (κ2) is 9.74. The molecule has 0 saturated carbocycles. The second-order valence-corrected chi connectivity index (χ2v) is 7.61. The molecule has 0 heterocycles. The zero-order valence-corrected chi connectivity index (χ0v) is 16.2. The van der Waals surface area contributed by atoms with Crippen molar-refractivity contribution in [2.75, 3.05) is 26.2 Å². The van der Waals surface area contributed by atoms with Gasteiger partial charge in [-0.2, -0.15) is 4.31 Å². The molecule has 0 bridgehead atoms. The van der Waals surface area contributed by atoms with Gasteiger partial charge in [0.05, 0.1) is 22.0 Å². The van der Waals surface area contributed by atoms with Crippen LogP contribution in [0.25, 0.3) is 0 Å². The molecular weight excluding hydrogens is 366 g/mol. The van der Waals surface area contributed by atoms with Gasteiger partial charge in [-0.15, -0.1) is 0 Å². The van der Waals surface area contributed by atoms with E-state index < -0.39 is 15.9 Å². The summed E-state index contributed by atoms with van der Waals surface area (Å²) < 4.78 is 26.4. The molecule has 0 atom stereocenters. The molecule has 0 aliphatic rings. The molecule has 1 rings (SSSR count). The van der Waals surface area contributed by atoms with Gasteiger partial charge in [-0.1, -0.05) is 32.4 Å². The average Bonchev–Trinajstić information content (AvgIpc) is 2.58. The molecule has 140 valence electrons. The Balaban J connectivity index is 2.98. The van der Waals surface area contributed by atoms with Crippen molar-refractivity contribution >= 4 is 33.4 Å². The van der Waals surface area contributed by atoms with E-state index in [4.69, 9.17) is 11.6 Å². The normalized spacial score (nSPS) is 11.4. The second-order valence-electron chi connectivity index (χ2n) is 5.26. The van der Waals surface area contributed by atoms with Crippen LogP contribution in [0.2, 0.25) is 5.02 Å². The van der Waals surface area contributed by atoms with Gasteiger partial charge < -0.3 is 10.6 Å². The molecule has 7 nitrogen and oxygen atoms in total. The smallest absolute Gasteiger partial charge is 0.253 e. The minimum atomic E-state index is -3.70. The zero-order chi connectivity index (χ0) is 19.0. The summed E-state index contributed by atoms with van der Waals surface area (Å²) in [5, 5.41) is 5.19. The largest absolute Gasteiger partial charge is 0.355 e. The number of nitrogens with zero attached hydrogens (tertiary/aromatic N) is 1. The SMILES string of the molecule is CCCNC(=O)CNC(=O)c1cc(S(=O)(=O)N(CC)CC)ccc1Cl. The molecule has 0 spiro atoms. The molecule has 1 aromatic rings. The van der Waals surface area contributed by atoms with E-state index in [2.05, 4.69) is 10.6 Å². The number of benzene rings is 1. The van der Waals surface area contributed by atoms with E-state index >= 15 is 0 Å². The van der Waals surface area contributed by atoms with Crippen molar-refractivity contribution < 1.29 is 18.0 Å². The highest BCUT2D eigenvalue weighted by atomic mass is 35.5. The van der Waals surface area contributed by atoms with Crippen LogP contribution in [0.3, 0.4) is 0 Å². The number of amides is 2. The van der Waals surface area contributed by atoms with E-state index in [0.717, 1.165) is 6.42 Å². The third kappa shape index (κ3) is 5.69. The third-order valence-electron chi connectivity index (χ3n) is 3.51. The van der Waals surface area contributed by atoms with Crippen LogP contribution in [0.5, 0.6) is 0 Å². The van der Waals surface area contributed by atoms with Gasteiger partial charge in [0.2, 0.25) is 15.9 Å². The summed E-state index contributed by atoms with van der Waals surface area (Å²) >= 11 is 6.02. The van der Waals surface area contributed by atoms with Gasteiger partial charge >= 0.3 is 0 Å². The van der Waals surface area contributed by atoms with Crippen LogP contribution in [0, 0.1) is 0 Å². The highest BCUT2D eigenvalue weighted by Crippen LogP contribution is 2.23. The molecular formula is C16H24ClN3O4S. The third-order valence-corrected chi connectivity index (χ3v) is 5.88. The Kier molecular flexibility index (Phi) is 8.34. The first-order chi connectivity index (χ1) is 11.8. The molecule has 0 saturated heterocycles. The maximum atomic E-state index is 12.6. The summed E-state index contributed by atoms with van der Waals surface area (Å²) in [7, 11) is -3.70. The van der Waals surface area contributed by atoms with Gasteiger partial charge in [0.1, 0.15) is 0 Å². The highest BCUT2D eigenvalue weighted by Gasteiger charge is 2.24. The quantitative estimate of drug-likeness (QED) is 0.670. The Morgan fingerprint density at radius 2 is 1.76 bits per heavy atom. The van der Waals surface area contributed by atoms with E-state index in [1.165, 1.54) is 22.5 Å². The Morgan fingerprint density at radius 3 is 2.32 bits per heavy atom. The monoisotopic (exact) mass is 389 g/mol. The molecule has 9 heteroatoms. The lowest BCUT2D eigenvalue weighted by atomic mass is 10.2. The van der Waals surface area contributed by atoms with Crippen molar-refractivity contribution in [1.82, 2.24) is 14.9 Å². The number of nitrogens with one attached hydrogen (secondary N) is 2. The number of hydrogen-bond acceptors (Lipinski definition) is 4. The summed E-state index contributed by atoms with van der Waals surface area (Å²) in [6, 6.07) is 3.96. The van der Waals surface area contributed by atoms with Crippen LogP contribution < -0.4 is 10.6 Å². The number of carbonyl (C=O) groups is 2. The van der Waals surface area contributed by atoms with Crippen molar-refractivity contribution in [3.63, 3.8) is 0 Å². The predicted octanol–water partition coefficient (Wildman–Crippen LogP) is 1.63. The minimum Gasteiger partial charge on any atom is -0.355 e. The van der Waals surface area contributed by atoms with Crippen LogP contribution in [-0.4, -0.2) is 50.7 Å². The first-order valence-electron chi connectivity index (χ1n) is 8.12. The maximum absolute atomic E-state index is 12.6. The molecule has 1 aromatic carbocycles. The molecule has 0 aliphatic carbocycles. The van der Waals surface area contributed by atoms with Crippen LogP contribution in [0.15, 0.2) is 23.1 Å². The molecule has 2 N–H and O–H groups in total. The van der Waals surface area contributed by atoms with Gasteiger partial charge in [-0.05, 0) is 24.6 Å². The summed E-state index contributed by atoms with van der Waals surface area (Å²) in [6.07, 6.45) is 0.788. The molecule has 0 unspecified atom stereocenters. The van der Waals surface area contributed by atoms with Crippen LogP contribution in [0.4, 0.5) is 0 Å². The van der Waals surface area contributed by atoms with Gasteiger partial charge in [-0.3, -0.25) is 9.59 Å². The number of halogens is 1. The van der Waals surface area contributed by atoms with Gasteiger partial charge in [-0.25, -0.2) is 8.42 Å².